The molecule has 2 unspecified atom stereocenters. The molecule has 26 heavy (non-hydrogen) atoms. The number of amides is 2. The van der Waals surface area contributed by atoms with Crippen molar-refractivity contribution in [2.24, 2.45) is 11.8 Å². The number of aliphatic carboxylic acids is 1. The summed E-state index contributed by atoms with van der Waals surface area (Å²) in [4.78, 5) is 25.3. The molecule has 0 saturated carbocycles. The largest absolute Gasteiger partial charge is 0.481 e. The Morgan fingerprint density at radius 1 is 1.27 bits per heavy atom. The molecule has 0 aliphatic carbocycles. The number of hydrogen-bond donors (Lipinski definition) is 2. The van der Waals surface area contributed by atoms with Crippen molar-refractivity contribution in [2.45, 2.75) is 24.8 Å². The summed E-state index contributed by atoms with van der Waals surface area (Å²) in [6.45, 7) is 2.59. The van der Waals surface area contributed by atoms with Crippen molar-refractivity contribution in [1.29, 1.82) is 0 Å². The van der Waals surface area contributed by atoms with Crippen LogP contribution in [0.15, 0.2) is 29.2 Å². The van der Waals surface area contributed by atoms with Gasteiger partial charge in [0, 0.05) is 33.7 Å². The molecule has 144 valence electrons. The number of nitrogens with one attached hydrogen (secondary N) is 1. The number of rotatable bonds is 5. The molecule has 1 aromatic rings. The second kappa shape index (κ2) is 8.05. The average Bonchev–Trinajstić information content (AvgIpc) is 2.59. The van der Waals surface area contributed by atoms with Crippen LogP contribution in [0.2, 0.25) is 0 Å². The Morgan fingerprint density at radius 2 is 1.92 bits per heavy atom. The third-order valence-electron chi connectivity index (χ3n) is 4.46. The summed E-state index contributed by atoms with van der Waals surface area (Å²) >= 11 is 0. The fraction of sp³-hybridized carbons (Fsp3) is 0.529. The summed E-state index contributed by atoms with van der Waals surface area (Å²) < 4.78 is 25.9. The molecule has 0 aromatic heterocycles. The van der Waals surface area contributed by atoms with Gasteiger partial charge in [-0.25, -0.2) is 17.5 Å². The molecule has 0 spiro atoms. The third kappa shape index (κ3) is 4.53. The molecule has 0 bridgehead atoms. The van der Waals surface area contributed by atoms with E-state index in [1.54, 1.807) is 18.2 Å². The highest BCUT2D eigenvalue weighted by Gasteiger charge is 2.32. The van der Waals surface area contributed by atoms with Crippen molar-refractivity contribution < 1.29 is 23.1 Å². The van der Waals surface area contributed by atoms with Gasteiger partial charge in [-0.05, 0) is 24.0 Å². The zero-order valence-electron chi connectivity index (χ0n) is 15.2. The van der Waals surface area contributed by atoms with Gasteiger partial charge in [0.15, 0.2) is 0 Å². The Hall–Kier alpha value is -2.13. The van der Waals surface area contributed by atoms with Gasteiger partial charge < -0.3 is 15.3 Å². The SMILES string of the molecule is CC1CC(C(=O)O)CN(C(=O)NCc2ccccc2S(=O)(=O)N(C)C)C1. The lowest BCUT2D eigenvalue weighted by molar-refractivity contribution is -0.143. The quantitative estimate of drug-likeness (QED) is 0.794. The van der Waals surface area contributed by atoms with Crippen LogP contribution in [0.1, 0.15) is 18.9 Å². The Bertz CT molecular complexity index is 778. The summed E-state index contributed by atoms with van der Waals surface area (Å²) in [6, 6.07) is 6.10. The molecule has 2 N–H and O–H groups in total. The van der Waals surface area contributed by atoms with Gasteiger partial charge >= 0.3 is 12.0 Å². The standard InChI is InChI=1S/C17H25N3O5S/c1-12-8-14(16(21)22)11-20(10-12)17(23)18-9-13-6-4-5-7-15(13)26(24,25)19(2)3/h4-7,12,14H,8-11H2,1-3H3,(H,18,23)(H,21,22). The molecule has 1 fully saturated rings. The zero-order chi connectivity index (χ0) is 19.5. The monoisotopic (exact) mass is 383 g/mol. The van der Waals surface area contributed by atoms with Crippen molar-refractivity contribution in [2.75, 3.05) is 27.2 Å². The minimum atomic E-state index is -3.62. The van der Waals surface area contributed by atoms with Crippen LogP contribution >= 0.6 is 0 Å². The lowest BCUT2D eigenvalue weighted by atomic mass is 9.91. The molecule has 2 amide bonds. The lowest BCUT2D eigenvalue weighted by Crippen LogP contribution is -2.49. The number of urea groups is 1. The van der Waals surface area contributed by atoms with E-state index in [-0.39, 0.29) is 29.9 Å². The maximum absolute atomic E-state index is 12.4. The van der Waals surface area contributed by atoms with E-state index in [0.717, 1.165) is 4.31 Å². The molecular formula is C17H25N3O5S. The van der Waals surface area contributed by atoms with Gasteiger partial charge in [-0.2, -0.15) is 0 Å². The molecule has 8 nitrogen and oxygen atoms in total. The number of sulfonamides is 1. The number of carboxylic acids is 1. The molecule has 2 atom stereocenters. The van der Waals surface area contributed by atoms with Crippen LogP contribution in [0.4, 0.5) is 4.79 Å². The number of carbonyl (C=O) groups is 2. The number of carbonyl (C=O) groups excluding carboxylic acids is 1. The fourth-order valence-electron chi connectivity index (χ4n) is 3.08. The second-order valence-corrected chi connectivity index (χ2v) is 8.96. The van der Waals surface area contributed by atoms with Gasteiger partial charge in [-0.1, -0.05) is 25.1 Å². The Labute approximate surface area is 153 Å². The molecule has 2 rings (SSSR count). The van der Waals surface area contributed by atoms with E-state index in [4.69, 9.17) is 0 Å². The van der Waals surface area contributed by atoms with Crippen LogP contribution in [0.5, 0.6) is 0 Å². The Kier molecular flexibility index (Phi) is 6.25. The first kappa shape index (κ1) is 20.2. The molecule has 1 aliphatic heterocycles. The summed E-state index contributed by atoms with van der Waals surface area (Å²) in [5.74, 6) is -1.39. The zero-order valence-corrected chi connectivity index (χ0v) is 16.0. The van der Waals surface area contributed by atoms with E-state index < -0.39 is 21.9 Å². The molecule has 9 heteroatoms. The van der Waals surface area contributed by atoms with Crippen LogP contribution in [0.25, 0.3) is 0 Å². The summed E-state index contributed by atoms with van der Waals surface area (Å²) in [5, 5.41) is 11.9. The highest BCUT2D eigenvalue weighted by Crippen LogP contribution is 2.22. The number of likely N-dealkylation sites (tertiary alicyclic amines) is 1. The topological polar surface area (TPSA) is 107 Å². The summed E-state index contributed by atoms with van der Waals surface area (Å²) in [5.41, 5.74) is 0.481. The van der Waals surface area contributed by atoms with Gasteiger partial charge in [0.05, 0.1) is 10.8 Å². The molecular weight excluding hydrogens is 358 g/mol. The number of benzene rings is 1. The predicted octanol–water partition coefficient (Wildman–Crippen LogP) is 1.19. The highest BCUT2D eigenvalue weighted by atomic mass is 32.2. The smallest absolute Gasteiger partial charge is 0.317 e. The number of nitrogens with zero attached hydrogens (tertiary/aromatic N) is 2. The molecule has 1 saturated heterocycles. The Morgan fingerprint density at radius 3 is 2.54 bits per heavy atom. The van der Waals surface area contributed by atoms with E-state index in [2.05, 4.69) is 5.32 Å². The van der Waals surface area contributed by atoms with Crippen molar-refractivity contribution >= 4 is 22.0 Å². The highest BCUT2D eigenvalue weighted by molar-refractivity contribution is 7.89. The molecule has 0 radical (unpaired) electrons. The van der Waals surface area contributed by atoms with Crippen LogP contribution in [0, 0.1) is 11.8 Å². The van der Waals surface area contributed by atoms with Crippen molar-refractivity contribution in [3.8, 4) is 0 Å². The number of hydrogen-bond acceptors (Lipinski definition) is 4. The van der Waals surface area contributed by atoms with E-state index in [9.17, 15) is 23.1 Å². The normalized spacial score (nSPS) is 20.8. The van der Waals surface area contributed by atoms with Gasteiger partial charge in [0.25, 0.3) is 0 Å². The number of carboxylic acid groups (broad SMARTS) is 1. The fourth-order valence-corrected chi connectivity index (χ4v) is 4.19. The van der Waals surface area contributed by atoms with Crippen molar-refractivity contribution in [3.05, 3.63) is 29.8 Å². The minimum absolute atomic E-state index is 0.0463. The summed E-state index contributed by atoms with van der Waals surface area (Å²) in [7, 11) is -0.718. The third-order valence-corrected chi connectivity index (χ3v) is 6.37. The minimum Gasteiger partial charge on any atom is -0.481 e. The maximum atomic E-state index is 12.4. The molecule has 1 aromatic carbocycles. The van der Waals surface area contributed by atoms with E-state index in [1.165, 1.54) is 25.1 Å². The van der Waals surface area contributed by atoms with Gasteiger partial charge in [0.2, 0.25) is 10.0 Å². The predicted molar refractivity (Wildman–Crippen MR) is 96.0 cm³/mol. The summed E-state index contributed by atoms with van der Waals surface area (Å²) in [6.07, 6.45) is 0.545. The van der Waals surface area contributed by atoms with E-state index in [1.807, 2.05) is 6.92 Å². The first-order chi connectivity index (χ1) is 12.1. The van der Waals surface area contributed by atoms with E-state index in [0.29, 0.717) is 18.5 Å². The molecule has 1 heterocycles. The maximum Gasteiger partial charge on any atom is 0.317 e. The van der Waals surface area contributed by atoms with Gasteiger partial charge in [0.1, 0.15) is 0 Å². The van der Waals surface area contributed by atoms with Crippen LogP contribution in [0.3, 0.4) is 0 Å². The van der Waals surface area contributed by atoms with Gasteiger partial charge in [-0.15, -0.1) is 0 Å². The average molecular weight is 383 g/mol. The van der Waals surface area contributed by atoms with Crippen LogP contribution in [-0.4, -0.2) is 61.9 Å². The van der Waals surface area contributed by atoms with Crippen LogP contribution in [-0.2, 0) is 21.4 Å². The first-order valence-corrected chi connectivity index (χ1v) is 9.83. The first-order valence-electron chi connectivity index (χ1n) is 8.39. The van der Waals surface area contributed by atoms with Crippen LogP contribution < -0.4 is 5.32 Å². The van der Waals surface area contributed by atoms with E-state index >= 15 is 0 Å². The Balaban J connectivity index is 2.10. The lowest BCUT2D eigenvalue weighted by Gasteiger charge is -2.34. The van der Waals surface area contributed by atoms with Crippen molar-refractivity contribution in [3.63, 3.8) is 0 Å². The molecule has 1 aliphatic rings. The number of piperidine rings is 1. The second-order valence-electron chi connectivity index (χ2n) is 6.83. The van der Waals surface area contributed by atoms with Gasteiger partial charge in [-0.3, -0.25) is 4.79 Å². The van der Waals surface area contributed by atoms with Crippen molar-refractivity contribution in [1.82, 2.24) is 14.5 Å².